The van der Waals surface area contributed by atoms with E-state index >= 15 is 0 Å². The molecule has 116 valence electrons. The molecule has 0 spiro atoms. The molecule has 2 N–H and O–H groups in total. The minimum Gasteiger partial charge on any atom is -0.356 e. The maximum atomic E-state index is 4.28. The van der Waals surface area contributed by atoms with E-state index in [1.165, 1.54) is 45.3 Å². The van der Waals surface area contributed by atoms with Crippen molar-refractivity contribution in [3.05, 3.63) is 0 Å². The van der Waals surface area contributed by atoms with Crippen LogP contribution in [0, 0.1) is 17.8 Å². The highest BCUT2D eigenvalue weighted by Crippen LogP contribution is 2.27. The molecular weight excluding hydrogens is 248 g/mol. The third kappa shape index (κ3) is 5.70. The first-order chi connectivity index (χ1) is 9.67. The summed E-state index contributed by atoms with van der Waals surface area (Å²) < 4.78 is 0. The van der Waals surface area contributed by atoms with Crippen LogP contribution in [0.3, 0.4) is 0 Å². The largest absolute Gasteiger partial charge is 0.356 e. The summed E-state index contributed by atoms with van der Waals surface area (Å²) in [7, 11) is 1.86. The summed E-state index contributed by atoms with van der Waals surface area (Å²) in [6.45, 7) is 10.6. The normalized spacial score (nSPS) is 28.4. The van der Waals surface area contributed by atoms with Gasteiger partial charge < -0.3 is 15.5 Å². The van der Waals surface area contributed by atoms with Gasteiger partial charge in [0, 0.05) is 33.2 Å². The summed E-state index contributed by atoms with van der Waals surface area (Å²) in [5.41, 5.74) is 0. The average molecular weight is 280 g/mol. The fraction of sp³-hybridized carbons (Fsp3) is 0.938. The summed E-state index contributed by atoms with van der Waals surface area (Å²) in [5.74, 6) is 3.58. The van der Waals surface area contributed by atoms with Crippen molar-refractivity contribution in [3.8, 4) is 0 Å². The van der Waals surface area contributed by atoms with Gasteiger partial charge in [0.25, 0.3) is 0 Å². The maximum absolute atomic E-state index is 4.28. The number of rotatable bonds is 6. The molecule has 0 amide bonds. The monoisotopic (exact) mass is 280 g/mol. The Morgan fingerprint density at radius 1 is 1.15 bits per heavy atom. The van der Waals surface area contributed by atoms with E-state index in [1.54, 1.807) is 0 Å². The highest BCUT2D eigenvalue weighted by atomic mass is 15.2. The van der Waals surface area contributed by atoms with E-state index in [2.05, 4.69) is 34.4 Å². The lowest BCUT2D eigenvalue weighted by Crippen LogP contribution is -2.42. The first kappa shape index (κ1) is 15.6. The van der Waals surface area contributed by atoms with Crippen LogP contribution in [0.1, 0.15) is 39.5 Å². The molecule has 1 aliphatic carbocycles. The molecule has 2 fully saturated rings. The van der Waals surface area contributed by atoms with Gasteiger partial charge in [-0.25, -0.2) is 0 Å². The van der Waals surface area contributed by atoms with E-state index in [0.717, 1.165) is 36.8 Å². The molecule has 1 heterocycles. The number of aliphatic imine (C=N–C) groups is 1. The van der Waals surface area contributed by atoms with Crippen LogP contribution in [-0.2, 0) is 0 Å². The molecule has 0 bridgehead atoms. The zero-order chi connectivity index (χ0) is 14.4. The van der Waals surface area contributed by atoms with Crippen molar-refractivity contribution in [2.24, 2.45) is 22.7 Å². The second-order valence-corrected chi connectivity index (χ2v) is 6.88. The quantitative estimate of drug-likeness (QED) is 0.444. The molecule has 1 saturated heterocycles. The molecule has 0 radical (unpaired) electrons. The van der Waals surface area contributed by atoms with Crippen molar-refractivity contribution >= 4 is 5.96 Å². The highest BCUT2D eigenvalue weighted by molar-refractivity contribution is 5.79. The smallest absolute Gasteiger partial charge is 0.190 e. The van der Waals surface area contributed by atoms with Crippen molar-refractivity contribution in [2.45, 2.75) is 39.5 Å². The minimum atomic E-state index is 0.861. The number of likely N-dealkylation sites (tertiary alicyclic amines) is 1. The number of nitrogens with zero attached hydrogens (tertiary/aromatic N) is 2. The molecule has 2 aliphatic rings. The van der Waals surface area contributed by atoms with Crippen molar-refractivity contribution in [1.29, 1.82) is 0 Å². The Kier molecular flexibility index (Phi) is 6.14. The maximum Gasteiger partial charge on any atom is 0.190 e. The predicted octanol–water partition coefficient (Wildman–Crippen LogP) is 1.93. The minimum absolute atomic E-state index is 0.861. The number of piperidine rings is 1. The molecule has 1 saturated carbocycles. The van der Waals surface area contributed by atoms with E-state index in [9.17, 15) is 0 Å². The average Bonchev–Trinajstić information content (AvgIpc) is 3.21. The number of nitrogens with one attached hydrogen (secondary N) is 2. The molecule has 4 nitrogen and oxygen atoms in total. The van der Waals surface area contributed by atoms with Crippen LogP contribution < -0.4 is 10.6 Å². The van der Waals surface area contributed by atoms with Gasteiger partial charge in [0.15, 0.2) is 5.96 Å². The molecule has 2 rings (SSSR count). The lowest BCUT2D eigenvalue weighted by atomic mass is 9.92. The first-order valence-corrected chi connectivity index (χ1v) is 8.34. The molecule has 20 heavy (non-hydrogen) atoms. The molecule has 2 atom stereocenters. The van der Waals surface area contributed by atoms with Crippen LogP contribution >= 0.6 is 0 Å². The zero-order valence-electron chi connectivity index (χ0n) is 13.5. The Morgan fingerprint density at radius 2 is 1.85 bits per heavy atom. The zero-order valence-corrected chi connectivity index (χ0v) is 13.5. The van der Waals surface area contributed by atoms with Gasteiger partial charge in [0.05, 0.1) is 0 Å². The van der Waals surface area contributed by atoms with Gasteiger partial charge in [-0.15, -0.1) is 0 Å². The van der Waals surface area contributed by atoms with Crippen LogP contribution in [0.4, 0.5) is 0 Å². The molecule has 1 aliphatic heterocycles. The van der Waals surface area contributed by atoms with E-state index < -0.39 is 0 Å². The van der Waals surface area contributed by atoms with Crippen molar-refractivity contribution in [1.82, 2.24) is 15.5 Å². The van der Waals surface area contributed by atoms with E-state index in [0.29, 0.717) is 0 Å². The second-order valence-electron chi connectivity index (χ2n) is 6.88. The van der Waals surface area contributed by atoms with Gasteiger partial charge in [-0.05, 0) is 50.0 Å². The summed E-state index contributed by atoms with van der Waals surface area (Å²) in [5, 5.41) is 6.84. The fourth-order valence-corrected chi connectivity index (χ4v) is 3.27. The summed E-state index contributed by atoms with van der Waals surface area (Å²) in [6.07, 6.45) is 5.36. The Morgan fingerprint density at radius 3 is 2.45 bits per heavy atom. The Hall–Kier alpha value is -0.770. The molecule has 0 aromatic rings. The standard InChI is InChI=1S/C16H32N4/c1-13-9-14(2)12-20(11-13)8-4-7-18-16(17-3)19-10-15-5-6-15/h13-15H,4-12H2,1-3H3,(H2,17,18,19). The topological polar surface area (TPSA) is 39.7 Å². The van der Waals surface area contributed by atoms with Crippen LogP contribution in [0.25, 0.3) is 0 Å². The van der Waals surface area contributed by atoms with Gasteiger partial charge in [-0.2, -0.15) is 0 Å². The Bertz CT molecular complexity index is 302. The van der Waals surface area contributed by atoms with Crippen LogP contribution in [0.5, 0.6) is 0 Å². The third-order valence-corrected chi connectivity index (χ3v) is 4.37. The third-order valence-electron chi connectivity index (χ3n) is 4.37. The predicted molar refractivity (Wildman–Crippen MR) is 86.1 cm³/mol. The van der Waals surface area contributed by atoms with Gasteiger partial charge in [-0.1, -0.05) is 13.8 Å². The van der Waals surface area contributed by atoms with Crippen LogP contribution in [-0.4, -0.2) is 50.6 Å². The van der Waals surface area contributed by atoms with E-state index in [4.69, 9.17) is 0 Å². The van der Waals surface area contributed by atoms with Gasteiger partial charge in [0.2, 0.25) is 0 Å². The molecule has 4 heteroatoms. The van der Waals surface area contributed by atoms with Gasteiger partial charge >= 0.3 is 0 Å². The Balaban J connectivity index is 1.55. The summed E-state index contributed by atoms with van der Waals surface area (Å²) in [4.78, 5) is 6.90. The lowest BCUT2D eigenvalue weighted by Gasteiger charge is -2.35. The summed E-state index contributed by atoms with van der Waals surface area (Å²) >= 11 is 0. The highest BCUT2D eigenvalue weighted by Gasteiger charge is 2.22. The van der Waals surface area contributed by atoms with Gasteiger partial charge in [0.1, 0.15) is 0 Å². The SMILES string of the molecule is CN=C(NCCCN1CC(C)CC(C)C1)NCC1CC1. The van der Waals surface area contributed by atoms with Crippen molar-refractivity contribution in [3.63, 3.8) is 0 Å². The van der Waals surface area contributed by atoms with Crippen molar-refractivity contribution < 1.29 is 0 Å². The molecule has 0 aromatic carbocycles. The van der Waals surface area contributed by atoms with E-state index in [-0.39, 0.29) is 0 Å². The van der Waals surface area contributed by atoms with Crippen LogP contribution in [0.15, 0.2) is 4.99 Å². The number of hydrogen-bond donors (Lipinski definition) is 2. The van der Waals surface area contributed by atoms with E-state index in [1.807, 2.05) is 7.05 Å². The fourth-order valence-electron chi connectivity index (χ4n) is 3.27. The first-order valence-electron chi connectivity index (χ1n) is 8.34. The summed E-state index contributed by atoms with van der Waals surface area (Å²) in [6, 6.07) is 0. The number of guanidine groups is 1. The molecule has 0 aromatic heterocycles. The molecular formula is C16H32N4. The Labute approximate surface area is 124 Å². The molecule has 2 unspecified atom stereocenters. The van der Waals surface area contributed by atoms with Gasteiger partial charge in [-0.3, -0.25) is 4.99 Å². The van der Waals surface area contributed by atoms with Crippen LogP contribution in [0.2, 0.25) is 0 Å². The number of hydrogen-bond acceptors (Lipinski definition) is 2. The lowest BCUT2D eigenvalue weighted by molar-refractivity contribution is 0.140. The second kappa shape index (κ2) is 7.87. The van der Waals surface area contributed by atoms with Crippen molar-refractivity contribution in [2.75, 3.05) is 39.8 Å².